The summed E-state index contributed by atoms with van der Waals surface area (Å²) in [5, 5.41) is 11.4. The highest BCUT2D eigenvalue weighted by molar-refractivity contribution is 7.14. The fraction of sp³-hybridized carbons (Fsp3) is 0. The fourth-order valence-electron chi connectivity index (χ4n) is 2.50. The highest BCUT2D eigenvalue weighted by Crippen LogP contribution is 2.29. The number of carbonyl (C=O) groups excluding carboxylic acids is 1. The molecule has 4 aromatic rings. The lowest BCUT2D eigenvalue weighted by atomic mass is 10.1. The summed E-state index contributed by atoms with van der Waals surface area (Å²) >= 11 is 3.09. The molecule has 2 aromatic heterocycles. The van der Waals surface area contributed by atoms with Gasteiger partial charge in [-0.3, -0.25) is 5.32 Å². The number of thiophene rings is 1. The molecule has 0 atom stereocenters. The first kappa shape index (κ1) is 16.5. The van der Waals surface area contributed by atoms with Crippen molar-refractivity contribution in [3.05, 3.63) is 77.5 Å². The minimum Gasteiger partial charge on any atom is -0.308 e. The molecular formula is C20H15N3OS2. The number of nitrogens with one attached hydrogen (secondary N) is 2. The number of hydrogen-bond acceptors (Lipinski definition) is 4. The van der Waals surface area contributed by atoms with Gasteiger partial charge < -0.3 is 5.32 Å². The van der Waals surface area contributed by atoms with E-state index in [1.54, 1.807) is 11.3 Å². The molecule has 0 aliphatic rings. The van der Waals surface area contributed by atoms with Crippen LogP contribution in [0.3, 0.4) is 0 Å². The minimum atomic E-state index is -0.257. The first-order valence-electron chi connectivity index (χ1n) is 8.01. The van der Waals surface area contributed by atoms with E-state index in [0.29, 0.717) is 0 Å². The molecule has 0 spiro atoms. The van der Waals surface area contributed by atoms with Gasteiger partial charge in [0, 0.05) is 22.2 Å². The van der Waals surface area contributed by atoms with Crippen LogP contribution in [0.5, 0.6) is 0 Å². The van der Waals surface area contributed by atoms with Crippen molar-refractivity contribution in [3.63, 3.8) is 0 Å². The molecule has 128 valence electrons. The van der Waals surface area contributed by atoms with E-state index in [4.69, 9.17) is 4.98 Å². The van der Waals surface area contributed by atoms with Crippen molar-refractivity contribution in [1.29, 1.82) is 0 Å². The highest BCUT2D eigenvalue weighted by atomic mass is 32.1. The third-order valence-corrected chi connectivity index (χ3v) is 5.38. The Morgan fingerprint density at radius 3 is 2.50 bits per heavy atom. The molecule has 2 N–H and O–H groups in total. The van der Waals surface area contributed by atoms with Crippen molar-refractivity contribution >= 4 is 39.4 Å². The van der Waals surface area contributed by atoms with Crippen LogP contribution in [0.2, 0.25) is 0 Å². The van der Waals surface area contributed by atoms with Crippen molar-refractivity contribution in [2.24, 2.45) is 0 Å². The third kappa shape index (κ3) is 3.82. The summed E-state index contributed by atoms with van der Waals surface area (Å²) in [5.41, 5.74) is 3.70. The molecule has 4 rings (SSSR count). The molecule has 2 heterocycles. The van der Waals surface area contributed by atoms with Crippen LogP contribution in [0.1, 0.15) is 0 Å². The highest BCUT2D eigenvalue weighted by Gasteiger charge is 2.08. The Morgan fingerprint density at radius 1 is 0.846 bits per heavy atom. The molecule has 0 radical (unpaired) electrons. The monoisotopic (exact) mass is 377 g/mol. The lowest BCUT2D eigenvalue weighted by Crippen LogP contribution is -2.18. The number of hydrogen-bond donors (Lipinski definition) is 2. The number of rotatable bonds is 4. The predicted octanol–water partition coefficient (Wildman–Crippen LogP) is 6.18. The molecule has 0 saturated heterocycles. The predicted molar refractivity (Wildman–Crippen MR) is 110 cm³/mol. The molecule has 0 saturated carbocycles. The van der Waals surface area contributed by atoms with E-state index < -0.39 is 0 Å². The topological polar surface area (TPSA) is 54.0 Å². The zero-order chi connectivity index (χ0) is 17.8. The van der Waals surface area contributed by atoms with E-state index in [1.807, 2.05) is 65.4 Å². The lowest BCUT2D eigenvalue weighted by molar-refractivity contribution is 0.262. The van der Waals surface area contributed by atoms with Gasteiger partial charge in [-0.05, 0) is 29.6 Å². The second-order valence-corrected chi connectivity index (χ2v) is 7.35. The molecular weight excluding hydrogens is 362 g/mol. The van der Waals surface area contributed by atoms with Gasteiger partial charge in [-0.15, -0.1) is 22.7 Å². The molecule has 26 heavy (non-hydrogen) atoms. The van der Waals surface area contributed by atoms with Crippen molar-refractivity contribution in [2.45, 2.75) is 0 Å². The fourth-order valence-corrected chi connectivity index (χ4v) is 3.95. The number of anilines is 2. The van der Waals surface area contributed by atoms with E-state index in [1.165, 1.54) is 11.3 Å². The van der Waals surface area contributed by atoms with Gasteiger partial charge in [0.15, 0.2) is 0 Å². The Hall–Kier alpha value is -2.96. The average molecular weight is 377 g/mol. The van der Waals surface area contributed by atoms with E-state index in [-0.39, 0.29) is 6.03 Å². The van der Waals surface area contributed by atoms with Gasteiger partial charge in [0.25, 0.3) is 0 Å². The second-order valence-electron chi connectivity index (χ2n) is 5.54. The normalized spacial score (nSPS) is 10.5. The average Bonchev–Trinajstić information content (AvgIpc) is 3.34. The Kier molecular flexibility index (Phi) is 4.77. The maximum atomic E-state index is 12.1. The van der Waals surface area contributed by atoms with Crippen molar-refractivity contribution in [2.75, 3.05) is 10.6 Å². The van der Waals surface area contributed by atoms with E-state index in [2.05, 4.69) is 22.8 Å². The maximum absolute atomic E-state index is 12.1. The summed E-state index contributed by atoms with van der Waals surface area (Å²) in [6, 6.07) is 21.3. The SMILES string of the molecule is O=C(Nc1cccc(-c2csc(-c3ccccc3)n2)c1)Nc1cccs1. The Labute approximate surface area is 159 Å². The molecule has 2 aromatic carbocycles. The van der Waals surface area contributed by atoms with Crippen LogP contribution >= 0.6 is 22.7 Å². The minimum absolute atomic E-state index is 0.257. The number of nitrogens with zero attached hydrogens (tertiary/aromatic N) is 1. The smallest absolute Gasteiger partial charge is 0.308 e. The first-order valence-corrected chi connectivity index (χ1v) is 9.77. The standard InChI is InChI=1S/C20H15N3OS2/c24-20(23-18-10-5-11-25-18)21-16-9-4-8-15(12-16)17-13-26-19(22-17)14-6-2-1-3-7-14/h1-13H,(H2,21,23,24). The molecule has 0 aliphatic carbocycles. The van der Waals surface area contributed by atoms with Gasteiger partial charge >= 0.3 is 6.03 Å². The summed E-state index contributed by atoms with van der Waals surface area (Å²) in [6.45, 7) is 0. The van der Waals surface area contributed by atoms with E-state index >= 15 is 0 Å². The van der Waals surface area contributed by atoms with Crippen LogP contribution in [-0.2, 0) is 0 Å². The van der Waals surface area contributed by atoms with E-state index in [9.17, 15) is 4.79 Å². The van der Waals surface area contributed by atoms with Crippen LogP contribution in [-0.4, -0.2) is 11.0 Å². The van der Waals surface area contributed by atoms with Crippen molar-refractivity contribution < 1.29 is 4.79 Å². The first-order chi connectivity index (χ1) is 12.8. The Bertz CT molecular complexity index is 1010. The summed E-state index contributed by atoms with van der Waals surface area (Å²) in [4.78, 5) is 16.8. The van der Waals surface area contributed by atoms with Gasteiger partial charge in [0.2, 0.25) is 0 Å². The van der Waals surface area contributed by atoms with Crippen LogP contribution in [0.4, 0.5) is 15.5 Å². The van der Waals surface area contributed by atoms with Gasteiger partial charge in [-0.25, -0.2) is 9.78 Å². The zero-order valence-corrected chi connectivity index (χ0v) is 15.3. The van der Waals surface area contributed by atoms with Crippen LogP contribution in [0, 0.1) is 0 Å². The van der Waals surface area contributed by atoms with Gasteiger partial charge in [-0.2, -0.15) is 0 Å². The molecule has 4 nitrogen and oxygen atoms in total. The van der Waals surface area contributed by atoms with Crippen LogP contribution in [0.25, 0.3) is 21.8 Å². The molecule has 0 aliphatic heterocycles. The van der Waals surface area contributed by atoms with Crippen LogP contribution < -0.4 is 10.6 Å². The number of benzene rings is 2. The molecule has 0 unspecified atom stereocenters. The number of urea groups is 1. The summed E-state index contributed by atoms with van der Waals surface area (Å²) in [6.07, 6.45) is 0. The summed E-state index contributed by atoms with van der Waals surface area (Å²) in [5.74, 6) is 0. The molecule has 2 amide bonds. The summed E-state index contributed by atoms with van der Waals surface area (Å²) in [7, 11) is 0. The molecule has 6 heteroatoms. The number of amides is 2. The Balaban J connectivity index is 1.51. The van der Waals surface area contributed by atoms with Gasteiger partial charge in [0.05, 0.1) is 10.7 Å². The summed E-state index contributed by atoms with van der Waals surface area (Å²) < 4.78 is 0. The maximum Gasteiger partial charge on any atom is 0.324 e. The number of aromatic nitrogens is 1. The molecule has 0 bridgehead atoms. The largest absolute Gasteiger partial charge is 0.324 e. The molecule has 0 fully saturated rings. The lowest BCUT2D eigenvalue weighted by Gasteiger charge is -2.07. The van der Waals surface area contributed by atoms with E-state index in [0.717, 1.165) is 32.5 Å². The Morgan fingerprint density at radius 2 is 1.69 bits per heavy atom. The van der Waals surface area contributed by atoms with Crippen LogP contribution in [0.15, 0.2) is 77.5 Å². The van der Waals surface area contributed by atoms with Gasteiger partial charge in [0.1, 0.15) is 5.01 Å². The van der Waals surface area contributed by atoms with Crippen molar-refractivity contribution in [3.8, 4) is 21.8 Å². The van der Waals surface area contributed by atoms with Gasteiger partial charge in [-0.1, -0.05) is 42.5 Å². The number of thiazole rings is 1. The number of carbonyl (C=O) groups is 1. The second kappa shape index (κ2) is 7.51. The quantitative estimate of drug-likeness (QED) is 0.446. The zero-order valence-electron chi connectivity index (χ0n) is 13.7. The third-order valence-electron chi connectivity index (χ3n) is 3.70. The van der Waals surface area contributed by atoms with Crippen molar-refractivity contribution in [1.82, 2.24) is 4.98 Å².